The van der Waals surface area contributed by atoms with Gasteiger partial charge in [-0.2, -0.15) is 4.31 Å². The van der Waals surface area contributed by atoms with Gasteiger partial charge in [-0.05, 0) is 41.8 Å². The average molecular weight is 387 g/mol. The van der Waals surface area contributed by atoms with E-state index in [0.717, 1.165) is 17.4 Å². The molecule has 0 saturated heterocycles. The van der Waals surface area contributed by atoms with Crippen molar-refractivity contribution in [2.75, 3.05) is 16.9 Å². The van der Waals surface area contributed by atoms with Gasteiger partial charge in [-0.15, -0.1) is 0 Å². The zero-order chi connectivity index (χ0) is 19.6. The highest BCUT2D eigenvalue weighted by Gasteiger charge is 2.36. The minimum Gasteiger partial charge on any atom is -0.326 e. The summed E-state index contributed by atoms with van der Waals surface area (Å²) >= 11 is 0. The van der Waals surface area contributed by atoms with E-state index in [0.29, 0.717) is 17.8 Å². The highest BCUT2D eigenvalue weighted by molar-refractivity contribution is 7.88. The van der Waals surface area contributed by atoms with Crippen LogP contribution in [-0.4, -0.2) is 36.8 Å². The van der Waals surface area contributed by atoms with Crippen molar-refractivity contribution in [3.63, 3.8) is 0 Å². The number of carbonyl (C=O) groups excluding carboxylic acids is 2. The highest BCUT2D eigenvalue weighted by Crippen LogP contribution is 2.26. The number of amides is 2. The number of rotatable bonds is 4. The number of carbonyl (C=O) groups is 2. The molecule has 1 heterocycles. The van der Waals surface area contributed by atoms with Gasteiger partial charge in [0, 0.05) is 24.8 Å². The van der Waals surface area contributed by atoms with E-state index < -0.39 is 16.1 Å². The Hall–Kier alpha value is -2.71. The van der Waals surface area contributed by atoms with Crippen molar-refractivity contribution in [3.05, 3.63) is 59.7 Å². The molecule has 0 fully saturated rings. The second-order valence-electron chi connectivity index (χ2n) is 6.54. The van der Waals surface area contributed by atoms with Crippen LogP contribution in [0.15, 0.2) is 48.5 Å². The van der Waals surface area contributed by atoms with Crippen LogP contribution in [0.1, 0.15) is 18.1 Å². The zero-order valence-electron chi connectivity index (χ0n) is 15.1. The highest BCUT2D eigenvalue weighted by atomic mass is 32.2. The number of hydrogen-bond acceptors (Lipinski definition) is 4. The van der Waals surface area contributed by atoms with E-state index in [1.54, 1.807) is 24.3 Å². The van der Waals surface area contributed by atoms with Gasteiger partial charge in [-0.1, -0.05) is 24.3 Å². The molecular weight excluding hydrogens is 366 g/mol. The number of nitrogens with one attached hydrogen (secondary N) is 2. The predicted octanol–water partition coefficient (Wildman–Crippen LogP) is 1.97. The summed E-state index contributed by atoms with van der Waals surface area (Å²) in [6, 6.07) is 13.4. The lowest BCUT2D eigenvalue weighted by Gasteiger charge is -2.34. The molecule has 0 radical (unpaired) electrons. The molecule has 2 amide bonds. The summed E-state index contributed by atoms with van der Waals surface area (Å²) in [5.41, 5.74) is 3.02. The molecule has 1 aliphatic rings. The van der Waals surface area contributed by atoms with Crippen molar-refractivity contribution in [1.29, 1.82) is 0 Å². The average Bonchev–Trinajstić information content (AvgIpc) is 2.61. The monoisotopic (exact) mass is 387 g/mol. The molecular formula is C19H21N3O4S. The summed E-state index contributed by atoms with van der Waals surface area (Å²) in [6.07, 6.45) is 1.43. The first kappa shape index (κ1) is 19.1. The topological polar surface area (TPSA) is 95.6 Å². The van der Waals surface area contributed by atoms with Crippen molar-refractivity contribution < 1.29 is 18.0 Å². The minimum atomic E-state index is -3.55. The van der Waals surface area contributed by atoms with Gasteiger partial charge in [0.15, 0.2) is 0 Å². The molecule has 1 unspecified atom stereocenters. The number of hydrogen-bond donors (Lipinski definition) is 2. The molecule has 0 aliphatic carbocycles. The van der Waals surface area contributed by atoms with Crippen LogP contribution >= 0.6 is 0 Å². The molecule has 1 aliphatic heterocycles. The smallest absolute Gasteiger partial charge is 0.243 e. The molecule has 2 N–H and O–H groups in total. The molecule has 1 atom stereocenters. The van der Waals surface area contributed by atoms with Crippen molar-refractivity contribution >= 4 is 33.2 Å². The lowest BCUT2D eigenvalue weighted by Crippen LogP contribution is -2.50. The lowest BCUT2D eigenvalue weighted by atomic mass is 9.95. The van der Waals surface area contributed by atoms with E-state index in [2.05, 4.69) is 10.6 Å². The van der Waals surface area contributed by atoms with Gasteiger partial charge in [-0.3, -0.25) is 9.59 Å². The molecule has 0 spiro atoms. The number of anilines is 2. The fraction of sp³-hybridized carbons (Fsp3) is 0.263. The molecule has 0 bridgehead atoms. The molecule has 2 aromatic rings. The van der Waals surface area contributed by atoms with Crippen LogP contribution in [0.4, 0.5) is 11.4 Å². The van der Waals surface area contributed by atoms with E-state index in [4.69, 9.17) is 0 Å². The molecule has 7 nitrogen and oxygen atoms in total. The van der Waals surface area contributed by atoms with Crippen molar-refractivity contribution in [3.8, 4) is 0 Å². The third kappa shape index (κ3) is 4.53. The molecule has 27 heavy (non-hydrogen) atoms. The molecule has 8 heteroatoms. The Morgan fingerprint density at radius 2 is 1.52 bits per heavy atom. The van der Waals surface area contributed by atoms with Crippen LogP contribution < -0.4 is 10.6 Å². The van der Waals surface area contributed by atoms with Crippen LogP contribution in [0.2, 0.25) is 0 Å². The van der Waals surface area contributed by atoms with E-state index in [9.17, 15) is 18.0 Å². The first-order chi connectivity index (χ1) is 12.7. The quantitative estimate of drug-likeness (QED) is 0.838. The van der Waals surface area contributed by atoms with Crippen LogP contribution in [0.5, 0.6) is 0 Å². The van der Waals surface area contributed by atoms with Gasteiger partial charge in [-0.25, -0.2) is 8.42 Å². The Morgan fingerprint density at radius 1 is 0.963 bits per heavy atom. The van der Waals surface area contributed by atoms with Gasteiger partial charge in [0.1, 0.15) is 6.04 Å². The molecule has 0 saturated carbocycles. The van der Waals surface area contributed by atoms with Crippen LogP contribution in [0.25, 0.3) is 0 Å². The van der Waals surface area contributed by atoms with Gasteiger partial charge in [0.2, 0.25) is 21.8 Å². The van der Waals surface area contributed by atoms with Crippen molar-refractivity contribution in [2.24, 2.45) is 0 Å². The van der Waals surface area contributed by atoms with Gasteiger partial charge in [0.05, 0.1) is 6.26 Å². The lowest BCUT2D eigenvalue weighted by molar-refractivity contribution is -0.120. The third-order valence-electron chi connectivity index (χ3n) is 4.41. The van der Waals surface area contributed by atoms with Crippen molar-refractivity contribution in [1.82, 2.24) is 4.31 Å². The standard InChI is InChI=1S/C19H21N3O4S/c1-13(23)20-16-7-9-17(10-8-16)21-19(24)18-11-14-5-3-4-6-15(14)12-22(18)27(2,25)26/h3-10,18H,11-12H2,1-2H3,(H,20,23)(H,21,24). The third-order valence-corrected chi connectivity index (χ3v) is 5.64. The van der Waals surface area contributed by atoms with Crippen LogP contribution in [-0.2, 0) is 32.6 Å². The van der Waals surface area contributed by atoms with E-state index >= 15 is 0 Å². The first-order valence-corrected chi connectivity index (χ1v) is 10.3. The molecule has 0 aromatic heterocycles. The maximum atomic E-state index is 12.8. The fourth-order valence-electron chi connectivity index (χ4n) is 3.14. The molecule has 3 rings (SSSR count). The fourth-order valence-corrected chi connectivity index (χ4v) is 4.14. The Kier molecular flexibility index (Phi) is 5.29. The maximum absolute atomic E-state index is 12.8. The summed E-state index contributed by atoms with van der Waals surface area (Å²) in [6.45, 7) is 1.59. The van der Waals surface area contributed by atoms with Crippen molar-refractivity contribution in [2.45, 2.75) is 25.9 Å². The number of sulfonamides is 1. The predicted molar refractivity (Wildman–Crippen MR) is 104 cm³/mol. The van der Waals surface area contributed by atoms with Gasteiger partial charge in [0.25, 0.3) is 0 Å². The second-order valence-corrected chi connectivity index (χ2v) is 8.48. The largest absolute Gasteiger partial charge is 0.326 e. The zero-order valence-corrected chi connectivity index (χ0v) is 15.9. The van der Waals surface area contributed by atoms with E-state index in [1.807, 2.05) is 24.3 Å². The minimum absolute atomic E-state index is 0.175. The second kappa shape index (κ2) is 7.50. The van der Waals surface area contributed by atoms with E-state index in [-0.39, 0.29) is 18.4 Å². The van der Waals surface area contributed by atoms with Gasteiger partial charge >= 0.3 is 0 Å². The number of benzene rings is 2. The van der Waals surface area contributed by atoms with E-state index in [1.165, 1.54) is 11.2 Å². The first-order valence-electron chi connectivity index (χ1n) is 8.46. The Morgan fingerprint density at radius 3 is 2.07 bits per heavy atom. The summed E-state index contributed by atoms with van der Waals surface area (Å²) in [7, 11) is -3.55. The van der Waals surface area contributed by atoms with Crippen LogP contribution in [0.3, 0.4) is 0 Å². The summed E-state index contributed by atoms with van der Waals surface area (Å²) in [4.78, 5) is 23.9. The molecule has 2 aromatic carbocycles. The summed E-state index contributed by atoms with van der Waals surface area (Å²) < 4.78 is 25.7. The summed E-state index contributed by atoms with van der Waals surface area (Å²) in [5.74, 6) is -0.571. The normalized spacial score (nSPS) is 17.0. The van der Waals surface area contributed by atoms with Gasteiger partial charge < -0.3 is 10.6 Å². The number of fused-ring (bicyclic) bond motifs is 1. The Bertz CT molecular complexity index is 971. The number of nitrogens with zero attached hydrogens (tertiary/aromatic N) is 1. The maximum Gasteiger partial charge on any atom is 0.243 e. The molecule has 142 valence electrons. The summed E-state index contributed by atoms with van der Waals surface area (Å²) in [5, 5.41) is 5.41. The van der Waals surface area contributed by atoms with Crippen LogP contribution in [0, 0.1) is 0 Å². The Balaban J connectivity index is 1.80. The Labute approximate surface area is 158 Å². The SMILES string of the molecule is CC(=O)Nc1ccc(NC(=O)C2Cc3ccccc3CN2S(C)(=O)=O)cc1.